The van der Waals surface area contributed by atoms with E-state index in [4.69, 9.17) is 0 Å². The van der Waals surface area contributed by atoms with Crippen LogP contribution in [0.15, 0.2) is 30.5 Å². The molecule has 1 heterocycles. The molecule has 0 saturated heterocycles. The van der Waals surface area contributed by atoms with Gasteiger partial charge in [-0.3, -0.25) is 20.4 Å². The summed E-state index contributed by atoms with van der Waals surface area (Å²) in [5, 5.41) is 6.53. The van der Waals surface area contributed by atoms with Crippen LogP contribution in [0, 0.1) is 0 Å². The van der Waals surface area contributed by atoms with Gasteiger partial charge in [-0.1, -0.05) is 37.5 Å². The standard InChI is InChI=1S/C20H27N5O3/c26-18(11-6-12-21-20(28)23-14-7-2-1-3-8-14)24-25-19(27)16-13-22-17-10-5-4-9-15(16)17/h4-5,9-10,13-14,22H,1-3,6-8,11-12H2,(H,24,26)(H,25,27)(H2,21,23,28). The maximum absolute atomic E-state index is 12.2. The molecule has 1 aromatic heterocycles. The minimum absolute atomic E-state index is 0.181. The number of hydrogen-bond acceptors (Lipinski definition) is 3. The fraction of sp³-hybridized carbons (Fsp3) is 0.450. The van der Waals surface area contributed by atoms with Crippen LogP contribution >= 0.6 is 0 Å². The quantitative estimate of drug-likeness (QED) is 0.388. The number of aromatic amines is 1. The van der Waals surface area contributed by atoms with Crippen LogP contribution in [0.3, 0.4) is 0 Å². The summed E-state index contributed by atoms with van der Waals surface area (Å²) >= 11 is 0. The predicted octanol–water partition coefficient (Wildman–Crippen LogP) is 2.34. The number of hydrogen-bond donors (Lipinski definition) is 5. The van der Waals surface area contributed by atoms with Crippen molar-refractivity contribution in [3.63, 3.8) is 0 Å². The first-order valence-corrected chi connectivity index (χ1v) is 9.83. The third-order valence-electron chi connectivity index (χ3n) is 4.96. The molecule has 8 nitrogen and oxygen atoms in total. The third kappa shape index (κ3) is 5.48. The number of benzene rings is 1. The molecule has 8 heteroatoms. The van der Waals surface area contributed by atoms with Crippen molar-refractivity contribution in [2.75, 3.05) is 6.54 Å². The van der Waals surface area contributed by atoms with E-state index in [9.17, 15) is 14.4 Å². The Kier molecular flexibility index (Phi) is 6.89. The minimum Gasteiger partial charge on any atom is -0.360 e. The second kappa shape index (κ2) is 9.77. The molecule has 1 aliphatic rings. The molecular formula is C20H27N5O3. The Bertz CT molecular complexity index is 826. The van der Waals surface area contributed by atoms with E-state index in [1.807, 2.05) is 24.3 Å². The van der Waals surface area contributed by atoms with Gasteiger partial charge in [0.2, 0.25) is 5.91 Å². The highest BCUT2D eigenvalue weighted by atomic mass is 16.2. The maximum atomic E-state index is 12.2. The molecule has 0 bridgehead atoms. The number of aromatic nitrogens is 1. The molecule has 1 aliphatic carbocycles. The number of H-pyrrole nitrogens is 1. The second-order valence-electron chi connectivity index (χ2n) is 7.09. The Labute approximate surface area is 163 Å². The first kappa shape index (κ1) is 19.7. The third-order valence-corrected chi connectivity index (χ3v) is 4.96. The fourth-order valence-corrected chi connectivity index (χ4v) is 3.45. The summed E-state index contributed by atoms with van der Waals surface area (Å²) in [4.78, 5) is 38.9. The van der Waals surface area contributed by atoms with E-state index >= 15 is 0 Å². The van der Waals surface area contributed by atoms with Gasteiger partial charge in [0.25, 0.3) is 5.91 Å². The lowest BCUT2D eigenvalue weighted by molar-refractivity contribution is -0.121. The Morgan fingerprint density at radius 1 is 1.04 bits per heavy atom. The second-order valence-corrected chi connectivity index (χ2v) is 7.09. The highest BCUT2D eigenvalue weighted by Crippen LogP contribution is 2.17. The molecule has 2 aromatic rings. The van der Waals surface area contributed by atoms with Gasteiger partial charge in [0.05, 0.1) is 5.56 Å². The Balaban J connectivity index is 1.31. The van der Waals surface area contributed by atoms with E-state index in [0.717, 1.165) is 36.6 Å². The summed E-state index contributed by atoms with van der Waals surface area (Å²) in [5.41, 5.74) is 6.16. The number of nitrogens with one attached hydrogen (secondary N) is 5. The van der Waals surface area contributed by atoms with E-state index in [-0.39, 0.29) is 30.3 Å². The van der Waals surface area contributed by atoms with E-state index in [2.05, 4.69) is 26.5 Å². The van der Waals surface area contributed by atoms with Crippen LogP contribution in [0.5, 0.6) is 0 Å². The monoisotopic (exact) mass is 385 g/mol. The number of urea groups is 1. The van der Waals surface area contributed by atoms with Crippen molar-refractivity contribution in [2.24, 2.45) is 0 Å². The summed E-state index contributed by atoms with van der Waals surface area (Å²) in [7, 11) is 0. The van der Waals surface area contributed by atoms with Crippen LogP contribution in [-0.4, -0.2) is 35.4 Å². The van der Waals surface area contributed by atoms with Crippen molar-refractivity contribution >= 4 is 28.7 Å². The summed E-state index contributed by atoms with van der Waals surface area (Å²) in [6, 6.07) is 7.53. The van der Waals surface area contributed by atoms with Crippen molar-refractivity contribution in [3.8, 4) is 0 Å². The zero-order valence-corrected chi connectivity index (χ0v) is 15.8. The highest BCUT2D eigenvalue weighted by Gasteiger charge is 2.15. The van der Waals surface area contributed by atoms with E-state index in [1.54, 1.807) is 6.20 Å². The Hall–Kier alpha value is -3.03. The molecule has 4 amide bonds. The smallest absolute Gasteiger partial charge is 0.315 e. The zero-order valence-electron chi connectivity index (χ0n) is 15.8. The minimum atomic E-state index is -0.379. The van der Waals surface area contributed by atoms with Gasteiger partial charge in [-0.25, -0.2) is 4.79 Å². The molecule has 150 valence electrons. The van der Waals surface area contributed by atoms with Gasteiger partial charge in [0.15, 0.2) is 0 Å². The molecule has 0 aliphatic heterocycles. The maximum Gasteiger partial charge on any atom is 0.315 e. The number of rotatable bonds is 6. The molecule has 1 fully saturated rings. The largest absolute Gasteiger partial charge is 0.360 e. The van der Waals surface area contributed by atoms with Crippen molar-refractivity contribution in [1.82, 2.24) is 26.5 Å². The summed E-state index contributed by atoms with van der Waals surface area (Å²) in [5.74, 6) is -0.682. The van der Waals surface area contributed by atoms with Gasteiger partial charge in [0.1, 0.15) is 0 Å². The lowest BCUT2D eigenvalue weighted by Crippen LogP contribution is -2.44. The molecule has 0 unspecified atom stereocenters. The summed E-state index contributed by atoms with van der Waals surface area (Å²) in [6.07, 6.45) is 7.94. The van der Waals surface area contributed by atoms with Crippen molar-refractivity contribution in [2.45, 2.75) is 51.0 Å². The molecule has 5 N–H and O–H groups in total. The molecule has 0 radical (unpaired) electrons. The van der Waals surface area contributed by atoms with Crippen molar-refractivity contribution < 1.29 is 14.4 Å². The van der Waals surface area contributed by atoms with Crippen molar-refractivity contribution in [3.05, 3.63) is 36.0 Å². The van der Waals surface area contributed by atoms with Gasteiger partial charge < -0.3 is 15.6 Å². The zero-order chi connectivity index (χ0) is 19.8. The number of hydrazine groups is 1. The van der Waals surface area contributed by atoms with Crippen LogP contribution in [-0.2, 0) is 4.79 Å². The molecule has 28 heavy (non-hydrogen) atoms. The predicted molar refractivity (Wildman–Crippen MR) is 107 cm³/mol. The lowest BCUT2D eigenvalue weighted by atomic mass is 9.96. The SMILES string of the molecule is O=C(CCCNC(=O)NC1CCCCC1)NNC(=O)c1c[nH]c2ccccc12. The Morgan fingerprint density at radius 2 is 1.82 bits per heavy atom. The molecule has 1 saturated carbocycles. The number of amides is 4. The van der Waals surface area contributed by atoms with E-state index in [1.165, 1.54) is 6.42 Å². The highest BCUT2D eigenvalue weighted by molar-refractivity contribution is 6.07. The van der Waals surface area contributed by atoms with Crippen LogP contribution in [0.4, 0.5) is 4.79 Å². The van der Waals surface area contributed by atoms with Gasteiger partial charge >= 0.3 is 6.03 Å². The molecule has 3 rings (SSSR count). The average Bonchev–Trinajstić information content (AvgIpc) is 3.14. The van der Waals surface area contributed by atoms with Crippen LogP contribution < -0.4 is 21.5 Å². The van der Waals surface area contributed by atoms with E-state index < -0.39 is 0 Å². The summed E-state index contributed by atoms with van der Waals surface area (Å²) < 4.78 is 0. The van der Waals surface area contributed by atoms with Gasteiger partial charge in [-0.15, -0.1) is 0 Å². The normalized spacial score (nSPS) is 14.4. The average molecular weight is 385 g/mol. The molecule has 1 aromatic carbocycles. The first-order valence-electron chi connectivity index (χ1n) is 9.83. The van der Waals surface area contributed by atoms with Crippen LogP contribution in [0.25, 0.3) is 10.9 Å². The van der Waals surface area contributed by atoms with Crippen LogP contribution in [0.2, 0.25) is 0 Å². The fourth-order valence-electron chi connectivity index (χ4n) is 3.45. The topological polar surface area (TPSA) is 115 Å². The van der Waals surface area contributed by atoms with Gasteiger partial charge in [0, 0.05) is 36.1 Å². The first-order chi connectivity index (χ1) is 13.6. The van der Waals surface area contributed by atoms with Crippen LogP contribution in [0.1, 0.15) is 55.3 Å². The number of carbonyl (C=O) groups is 3. The van der Waals surface area contributed by atoms with E-state index in [0.29, 0.717) is 18.5 Å². The number of para-hydroxylation sites is 1. The van der Waals surface area contributed by atoms with Crippen molar-refractivity contribution in [1.29, 1.82) is 0 Å². The lowest BCUT2D eigenvalue weighted by Gasteiger charge is -2.22. The molecular weight excluding hydrogens is 358 g/mol. The van der Waals surface area contributed by atoms with Gasteiger partial charge in [-0.05, 0) is 25.3 Å². The summed E-state index contributed by atoms with van der Waals surface area (Å²) in [6.45, 7) is 0.405. The molecule has 0 atom stereocenters. The number of carbonyl (C=O) groups excluding carboxylic acids is 3. The number of fused-ring (bicyclic) bond motifs is 1. The Morgan fingerprint density at radius 3 is 2.64 bits per heavy atom. The van der Waals surface area contributed by atoms with Gasteiger partial charge in [-0.2, -0.15) is 0 Å². The molecule has 0 spiro atoms.